The minimum Gasteiger partial charge on any atom is -0.340 e. The van der Waals surface area contributed by atoms with Gasteiger partial charge in [-0.2, -0.15) is 5.10 Å². The number of rotatable bonds is 5. The van der Waals surface area contributed by atoms with Crippen molar-refractivity contribution in [3.8, 4) is 0 Å². The van der Waals surface area contributed by atoms with Crippen molar-refractivity contribution in [1.29, 1.82) is 0 Å². The first-order valence-electron chi connectivity index (χ1n) is 7.23. The summed E-state index contributed by atoms with van der Waals surface area (Å²) in [5.74, 6) is 0.235. The van der Waals surface area contributed by atoms with E-state index in [2.05, 4.69) is 12.0 Å². The molecule has 0 saturated heterocycles. The molecule has 0 aromatic carbocycles. The van der Waals surface area contributed by atoms with Crippen molar-refractivity contribution in [3.05, 3.63) is 18.5 Å². The van der Waals surface area contributed by atoms with Crippen molar-refractivity contribution < 1.29 is 4.79 Å². The number of carbonyl (C=O) groups excluding carboxylic acids is 1. The lowest BCUT2D eigenvalue weighted by atomic mass is 9.90. The third-order valence-electron chi connectivity index (χ3n) is 3.96. The van der Waals surface area contributed by atoms with E-state index in [-0.39, 0.29) is 5.91 Å². The van der Waals surface area contributed by atoms with Crippen LogP contribution in [0.4, 0.5) is 0 Å². The summed E-state index contributed by atoms with van der Waals surface area (Å²) in [6.07, 6.45) is 8.32. The molecule has 0 radical (unpaired) electrons. The van der Waals surface area contributed by atoms with Crippen LogP contribution in [0, 0.1) is 0 Å². The first-order chi connectivity index (χ1) is 9.20. The second-order valence-electron chi connectivity index (χ2n) is 5.27. The van der Waals surface area contributed by atoms with Crippen LogP contribution in [0.25, 0.3) is 0 Å². The van der Waals surface area contributed by atoms with Gasteiger partial charge in [-0.15, -0.1) is 0 Å². The van der Waals surface area contributed by atoms with Crippen LogP contribution in [-0.4, -0.2) is 39.2 Å². The first kappa shape index (κ1) is 14.1. The van der Waals surface area contributed by atoms with Gasteiger partial charge in [0.2, 0.25) is 5.91 Å². The zero-order valence-electron chi connectivity index (χ0n) is 11.7. The Labute approximate surface area is 114 Å². The van der Waals surface area contributed by atoms with Crippen LogP contribution in [0.5, 0.6) is 0 Å². The number of carbonyl (C=O) groups is 1. The molecule has 1 saturated carbocycles. The van der Waals surface area contributed by atoms with Crippen molar-refractivity contribution in [1.82, 2.24) is 14.7 Å². The highest BCUT2D eigenvalue weighted by Crippen LogP contribution is 2.22. The fraction of sp³-hybridized carbons (Fsp3) is 0.714. The molecular weight excluding hydrogens is 240 g/mol. The monoisotopic (exact) mass is 264 g/mol. The maximum absolute atomic E-state index is 12.3. The molecule has 0 bridgehead atoms. The fourth-order valence-corrected chi connectivity index (χ4v) is 2.84. The zero-order valence-corrected chi connectivity index (χ0v) is 11.7. The Morgan fingerprint density at radius 1 is 1.42 bits per heavy atom. The molecule has 106 valence electrons. The summed E-state index contributed by atoms with van der Waals surface area (Å²) in [5, 5.41) is 4.13. The molecule has 0 spiro atoms. The van der Waals surface area contributed by atoms with Gasteiger partial charge in [0.25, 0.3) is 0 Å². The summed E-state index contributed by atoms with van der Waals surface area (Å²) in [6.45, 7) is 3.51. The molecule has 1 aromatic rings. The summed E-state index contributed by atoms with van der Waals surface area (Å²) in [4.78, 5) is 14.3. The Morgan fingerprint density at radius 2 is 2.16 bits per heavy atom. The van der Waals surface area contributed by atoms with Crippen LogP contribution in [0.15, 0.2) is 18.5 Å². The zero-order chi connectivity index (χ0) is 13.7. The predicted molar refractivity (Wildman–Crippen MR) is 74.5 cm³/mol. The highest BCUT2D eigenvalue weighted by atomic mass is 16.2. The average molecular weight is 264 g/mol. The van der Waals surface area contributed by atoms with Gasteiger partial charge in [-0.1, -0.05) is 0 Å². The largest absolute Gasteiger partial charge is 0.340 e. The van der Waals surface area contributed by atoms with Crippen molar-refractivity contribution >= 4 is 5.91 Å². The van der Waals surface area contributed by atoms with E-state index in [0.29, 0.717) is 25.0 Å². The third-order valence-corrected chi connectivity index (χ3v) is 3.96. The molecule has 1 aromatic heterocycles. The lowest BCUT2D eigenvalue weighted by Crippen LogP contribution is -2.44. The van der Waals surface area contributed by atoms with Crippen LogP contribution in [-0.2, 0) is 11.3 Å². The van der Waals surface area contributed by atoms with Crippen molar-refractivity contribution in [2.24, 2.45) is 5.73 Å². The summed E-state index contributed by atoms with van der Waals surface area (Å²) >= 11 is 0. The van der Waals surface area contributed by atoms with Crippen LogP contribution < -0.4 is 5.73 Å². The van der Waals surface area contributed by atoms with Crippen molar-refractivity contribution in [2.75, 3.05) is 6.54 Å². The van der Waals surface area contributed by atoms with Gasteiger partial charge in [0, 0.05) is 44.0 Å². The molecule has 2 rings (SSSR count). The average Bonchev–Trinajstić information content (AvgIpc) is 2.92. The maximum atomic E-state index is 12.3. The number of amides is 1. The Kier molecular flexibility index (Phi) is 4.96. The normalized spacial score (nSPS) is 23.3. The highest BCUT2D eigenvalue weighted by Gasteiger charge is 2.26. The van der Waals surface area contributed by atoms with E-state index in [1.54, 1.807) is 6.20 Å². The lowest BCUT2D eigenvalue weighted by Gasteiger charge is -2.35. The SMILES string of the molecule is CCN(C(=O)CCn1cccn1)C1CCC(N)CC1. The molecule has 1 amide bonds. The number of nitrogens with two attached hydrogens (primary N) is 1. The van der Waals surface area contributed by atoms with E-state index in [1.165, 1.54) is 0 Å². The summed E-state index contributed by atoms with van der Waals surface area (Å²) in [5.41, 5.74) is 5.92. The quantitative estimate of drug-likeness (QED) is 0.874. The smallest absolute Gasteiger partial charge is 0.224 e. The van der Waals surface area contributed by atoms with E-state index < -0.39 is 0 Å². The van der Waals surface area contributed by atoms with Gasteiger partial charge in [0.1, 0.15) is 0 Å². The van der Waals surface area contributed by atoms with E-state index in [0.717, 1.165) is 32.2 Å². The number of nitrogens with zero attached hydrogens (tertiary/aromatic N) is 3. The number of aryl methyl sites for hydroxylation is 1. The van der Waals surface area contributed by atoms with Gasteiger partial charge in [-0.25, -0.2) is 0 Å². The Balaban J connectivity index is 1.84. The number of hydrogen-bond acceptors (Lipinski definition) is 3. The van der Waals surface area contributed by atoms with Crippen LogP contribution in [0.3, 0.4) is 0 Å². The van der Waals surface area contributed by atoms with Crippen LogP contribution in [0.1, 0.15) is 39.0 Å². The highest BCUT2D eigenvalue weighted by molar-refractivity contribution is 5.76. The standard InChI is InChI=1S/C14H24N4O/c1-2-18(13-6-4-12(15)5-7-13)14(19)8-11-17-10-3-9-16-17/h3,9-10,12-13H,2,4-8,11,15H2,1H3. The lowest BCUT2D eigenvalue weighted by molar-refractivity contribution is -0.134. The molecule has 0 atom stereocenters. The van der Waals surface area contributed by atoms with Crippen LogP contribution in [0.2, 0.25) is 0 Å². The third kappa shape index (κ3) is 3.80. The summed E-state index contributed by atoms with van der Waals surface area (Å²) < 4.78 is 1.81. The van der Waals surface area contributed by atoms with Gasteiger partial charge in [-0.05, 0) is 38.7 Å². The van der Waals surface area contributed by atoms with Gasteiger partial charge >= 0.3 is 0 Å². The molecule has 5 nitrogen and oxygen atoms in total. The van der Waals surface area contributed by atoms with E-state index in [9.17, 15) is 4.79 Å². The second-order valence-corrected chi connectivity index (χ2v) is 5.27. The maximum Gasteiger partial charge on any atom is 0.224 e. The molecule has 1 fully saturated rings. The molecule has 5 heteroatoms. The second kappa shape index (κ2) is 6.70. The van der Waals surface area contributed by atoms with E-state index in [4.69, 9.17) is 5.73 Å². The molecule has 0 unspecified atom stereocenters. The molecule has 1 aliphatic rings. The molecule has 0 aliphatic heterocycles. The number of aromatic nitrogens is 2. The molecular formula is C14H24N4O. The Bertz CT molecular complexity index is 382. The van der Waals surface area contributed by atoms with Gasteiger partial charge in [-0.3, -0.25) is 9.48 Å². The van der Waals surface area contributed by atoms with E-state index in [1.807, 2.05) is 21.8 Å². The molecule has 1 heterocycles. The molecule has 1 aliphatic carbocycles. The van der Waals surface area contributed by atoms with E-state index >= 15 is 0 Å². The van der Waals surface area contributed by atoms with Crippen LogP contribution >= 0.6 is 0 Å². The fourth-order valence-electron chi connectivity index (χ4n) is 2.84. The van der Waals surface area contributed by atoms with Gasteiger partial charge in [0.15, 0.2) is 0 Å². The molecule has 19 heavy (non-hydrogen) atoms. The minimum atomic E-state index is 0.235. The van der Waals surface area contributed by atoms with Gasteiger partial charge < -0.3 is 10.6 Å². The summed E-state index contributed by atoms with van der Waals surface area (Å²) in [7, 11) is 0. The summed E-state index contributed by atoms with van der Waals surface area (Å²) in [6, 6.07) is 2.59. The predicted octanol–water partition coefficient (Wildman–Crippen LogP) is 1.39. The van der Waals surface area contributed by atoms with Gasteiger partial charge in [0.05, 0.1) is 0 Å². The Hall–Kier alpha value is -1.36. The first-order valence-corrected chi connectivity index (χ1v) is 7.23. The minimum absolute atomic E-state index is 0.235. The number of hydrogen-bond donors (Lipinski definition) is 1. The molecule has 2 N–H and O–H groups in total. The topological polar surface area (TPSA) is 64.2 Å². The van der Waals surface area contributed by atoms with Crippen molar-refractivity contribution in [3.63, 3.8) is 0 Å². The Morgan fingerprint density at radius 3 is 2.74 bits per heavy atom. The van der Waals surface area contributed by atoms with Crippen molar-refractivity contribution in [2.45, 2.75) is 57.7 Å².